The summed E-state index contributed by atoms with van der Waals surface area (Å²) in [5.41, 5.74) is 1.56. The molecule has 3 heteroatoms. The maximum atomic E-state index is 12.1. The summed E-state index contributed by atoms with van der Waals surface area (Å²) >= 11 is 3.44. The van der Waals surface area contributed by atoms with E-state index in [0.717, 1.165) is 22.0 Å². The van der Waals surface area contributed by atoms with Crippen molar-refractivity contribution in [2.24, 2.45) is 0 Å². The molecule has 0 saturated heterocycles. The number of methoxy groups -OCH3 is 1. The summed E-state index contributed by atoms with van der Waals surface area (Å²) in [7, 11) is 1.68. The fourth-order valence-electron chi connectivity index (χ4n) is 1.56. The Morgan fingerprint density at radius 1 is 1.41 bits per heavy atom. The van der Waals surface area contributed by atoms with Gasteiger partial charge in [0.05, 0.1) is 5.60 Å². The highest BCUT2D eigenvalue weighted by molar-refractivity contribution is 9.10. The SMILES string of the molecule is COC(C)(C)CCC(=O)c1cccc(Br)c1C. The van der Waals surface area contributed by atoms with E-state index in [-0.39, 0.29) is 11.4 Å². The van der Waals surface area contributed by atoms with E-state index < -0.39 is 0 Å². The molecule has 17 heavy (non-hydrogen) atoms. The molecule has 0 bridgehead atoms. The van der Waals surface area contributed by atoms with Gasteiger partial charge in [-0.15, -0.1) is 0 Å². The minimum absolute atomic E-state index is 0.175. The number of halogens is 1. The summed E-state index contributed by atoms with van der Waals surface area (Å²) in [6.07, 6.45) is 1.24. The highest BCUT2D eigenvalue weighted by Crippen LogP contribution is 2.23. The molecule has 0 N–H and O–H groups in total. The number of benzene rings is 1. The molecule has 0 spiro atoms. The first kappa shape index (κ1) is 14.4. The monoisotopic (exact) mass is 298 g/mol. The van der Waals surface area contributed by atoms with E-state index >= 15 is 0 Å². The Morgan fingerprint density at radius 2 is 2.06 bits per heavy atom. The van der Waals surface area contributed by atoms with Crippen LogP contribution in [0.25, 0.3) is 0 Å². The molecule has 0 aromatic heterocycles. The van der Waals surface area contributed by atoms with Gasteiger partial charge in [0.2, 0.25) is 0 Å². The van der Waals surface area contributed by atoms with Gasteiger partial charge in [0.15, 0.2) is 5.78 Å². The van der Waals surface area contributed by atoms with Crippen LogP contribution in [0.2, 0.25) is 0 Å². The van der Waals surface area contributed by atoms with Crippen LogP contribution in [0.1, 0.15) is 42.6 Å². The van der Waals surface area contributed by atoms with Crippen molar-refractivity contribution in [1.82, 2.24) is 0 Å². The predicted molar refractivity (Wildman–Crippen MR) is 73.5 cm³/mol. The van der Waals surface area contributed by atoms with Gasteiger partial charge in [-0.1, -0.05) is 28.1 Å². The van der Waals surface area contributed by atoms with Gasteiger partial charge in [0, 0.05) is 23.6 Å². The molecular formula is C14H19BrO2. The molecule has 1 aromatic carbocycles. The quantitative estimate of drug-likeness (QED) is 0.764. The van der Waals surface area contributed by atoms with Gasteiger partial charge in [-0.05, 0) is 38.8 Å². The number of hydrogen-bond acceptors (Lipinski definition) is 2. The van der Waals surface area contributed by atoms with Crippen LogP contribution < -0.4 is 0 Å². The van der Waals surface area contributed by atoms with Gasteiger partial charge in [-0.25, -0.2) is 0 Å². The predicted octanol–water partition coefficient (Wildman–Crippen LogP) is 4.15. The topological polar surface area (TPSA) is 26.3 Å². The van der Waals surface area contributed by atoms with Crippen LogP contribution in [0.5, 0.6) is 0 Å². The second kappa shape index (κ2) is 5.78. The summed E-state index contributed by atoms with van der Waals surface area (Å²) in [5.74, 6) is 0.175. The van der Waals surface area contributed by atoms with Crippen molar-refractivity contribution in [3.8, 4) is 0 Å². The number of ether oxygens (including phenoxy) is 1. The standard InChI is InChI=1S/C14H19BrO2/c1-10-11(6-5-7-12(10)15)13(16)8-9-14(2,3)17-4/h5-7H,8-9H2,1-4H3. The Bertz CT molecular complexity index is 411. The van der Waals surface area contributed by atoms with E-state index in [9.17, 15) is 4.79 Å². The maximum absolute atomic E-state index is 12.1. The smallest absolute Gasteiger partial charge is 0.163 e. The molecule has 0 atom stereocenters. The van der Waals surface area contributed by atoms with Crippen LogP contribution in [0, 0.1) is 6.92 Å². The summed E-state index contributed by atoms with van der Waals surface area (Å²) in [6, 6.07) is 5.72. The molecule has 1 aromatic rings. The van der Waals surface area contributed by atoms with Crippen LogP contribution in [0.3, 0.4) is 0 Å². The molecule has 1 rings (SSSR count). The first-order valence-corrected chi connectivity index (χ1v) is 6.50. The van der Waals surface area contributed by atoms with E-state index in [2.05, 4.69) is 15.9 Å². The van der Waals surface area contributed by atoms with Crippen molar-refractivity contribution in [3.63, 3.8) is 0 Å². The highest BCUT2D eigenvalue weighted by Gasteiger charge is 2.19. The van der Waals surface area contributed by atoms with Crippen molar-refractivity contribution in [2.45, 2.75) is 39.2 Å². The van der Waals surface area contributed by atoms with Crippen LogP contribution in [-0.4, -0.2) is 18.5 Å². The third-order valence-corrected chi connectivity index (χ3v) is 3.93. The first-order valence-electron chi connectivity index (χ1n) is 5.71. The lowest BCUT2D eigenvalue weighted by Gasteiger charge is -2.22. The van der Waals surface area contributed by atoms with E-state index in [1.165, 1.54) is 0 Å². The minimum Gasteiger partial charge on any atom is -0.379 e. The van der Waals surface area contributed by atoms with Crippen molar-refractivity contribution < 1.29 is 9.53 Å². The van der Waals surface area contributed by atoms with Gasteiger partial charge in [-0.3, -0.25) is 4.79 Å². The molecule has 2 nitrogen and oxygen atoms in total. The van der Waals surface area contributed by atoms with Crippen molar-refractivity contribution in [2.75, 3.05) is 7.11 Å². The molecule has 0 saturated carbocycles. The lowest BCUT2D eigenvalue weighted by atomic mass is 9.96. The maximum Gasteiger partial charge on any atom is 0.163 e. The lowest BCUT2D eigenvalue weighted by Crippen LogP contribution is -2.23. The van der Waals surface area contributed by atoms with Crippen LogP contribution in [0.15, 0.2) is 22.7 Å². The number of hydrogen-bond donors (Lipinski definition) is 0. The van der Waals surface area contributed by atoms with Crippen molar-refractivity contribution in [1.29, 1.82) is 0 Å². The normalized spacial score (nSPS) is 11.6. The second-order valence-corrected chi connectivity index (χ2v) is 5.65. The Morgan fingerprint density at radius 3 is 2.65 bits per heavy atom. The fraction of sp³-hybridized carbons (Fsp3) is 0.500. The Labute approximate surface area is 111 Å². The molecule has 0 aliphatic heterocycles. The van der Waals surface area contributed by atoms with Gasteiger partial charge in [-0.2, -0.15) is 0 Å². The van der Waals surface area contributed by atoms with E-state index in [1.807, 2.05) is 39.0 Å². The van der Waals surface area contributed by atoms with Gasteiger partial charge >= 0.3 is 0 Å². The Balaban J connectivity index is 2.74. The van der Waals surface area contributed by atoms with Crippen LogP contribution in [0.4, 0.5) is 0 Å². The van der Waals surface area contributed by atoms with E-state index in [4.69, 9.17) is 4.74 Å². The minimum atomic E-state index is -0.240. The van der Waals surface area contributed by atoms with E-state index in [1.54, 1.807) is 7.11 Å². The van der Waals surface area contributed by atoms with Gasteiger partial charge in [0.25, 0.3) is 0 Å². The van der Waals surface area contributed by atoms with Gasteiger partial charge in [0.1, 0.15) is 0 Å². The van der Waals surface area contributed by atoms with Crippen molar-refractivity contribution >= 4 is 21.7 Å². The summed E-state index contributed by atoms with van der Waals surface area (Å²) in [4.78, 5) is 12.1. The third kappa shape index (κ3) is 3.93. The largest absolute Gasteiger partial charge is 0.379 e. The third-order valence-electron chi connectivity index (χ3n) is 3.07. The van der Waals surface area contributed by atoms with E-state index in [0.29, 0.717) is 6.42 Å². The Kier molecular flexibility index (Phi) is 4.90. The average molecular weight is 299 g/mol. The molecular weight excluding hydrogens is 280 g/mol. The van der Waals surface area contributed by atoms with Crippen LogP contribution >= 0.6 is 15.9 Å². The zero-order chi connectivity index (χ0) is 13.1. The average Bonchev–Trinajstić information content (AvgIpc) is 2.30. The summed E-state index contributed by atoms with van der Waals surface area (Å²) < 4.78 is 6.30. The molecule has 0 unspecified atom stereocenters. The molecule has 0 heterocycles. The lowest BCUT2D eigenvalue weighted by molar-refractivity contribution is 0.0141. The van der Waals surface area contributed by atoms with Gasteiger partial charge < -0.3 is 4.74 Å². The zero-order valence-electron chi connectivity index (χ0n) is 10.8. The Hall–Kier alpha value is -0.670. The summed E-state index contributed by atoms with van der Waals surface area (Å²) in [5, 5.41) is 0. The number of carbonyl (C=O) groups is 1. The van der Waals surface area contributed by atoms with Crippen LogP contribution in [-0.2, 0) is 4.74 Å². The number of Topliss-reactive ketones (excluding diaryl/α,β-unsaturated/α-hetero) is 1. The molecule has 94 valence electrons. The number of ketones is 1. The van der Waals surface area contributed by atoms with Crippen molar-refractivity contribution in [3.05, 3.63) is 33.8 Å². The second-order valence-electron chi connectivity index (χ2n) is 4.80. The molecule has 0 fully saturated rings. The number of carbonyl (C=O) groups excluding carboxylic acids is 1. The fourth-order valence-corrected chi connectivity index (χ4v) is 1.93. The first-order chi connectivity index (χ1) is 7.87. The molecule has 0 radical (unpaired) electrons. The molecule has 0 amide bonds. The molecule has 0 aliphatic carbocycles. The molecule has 0 aliphatic rings. The summed E-state index contributed by atoms with van der Waals surface area (Å²) in [6.45, 7) is 5.95. The number of rotatable bonds is 5. The highest BCUT2D eigenvalue weighted by atomic mass is 79.9. The zero-order valence-corrected chi connectivity index (χ0v) is 12.4.